The van der Waals surface area contributed by atoms with E-state index >= 15 is 0 Å². The van der Waals surface area contributed by atoms with Crippen molar-refractivity contribution in [3.05, 3.63) is 82.1 Å². The average Bonchev–Trinajstić information content (AvgIpc) is 3.63. The topological polar surface area (TPSA) is 132 Å². The molecule has 0 fully saturated rings. The molecular formula is C30H28FN9O2S. The highest BCUT2D eigenvalue weighted by Crippen LogP contribution is 2.29. The molecule has 43 heavy (non-hydrogen) atoms. The molecule has 0 saturated heterocycles. The second-order valence-corrected chi connectivity index (χ2v) is 11.9. The van der Waals surface area contributed by atoms with E-state index in [4.69, 9.17) is 5.10 Å². The number of carbonyl (C=O) groups is 1. The van der Waals surface area contributed by atoms with E-state index in [9.17, 15) is 14.0 Å². The van der Waals surface area contributed by atoms with Crippen LogP contribution in [0.25, 0.3) is 38.1 Å². The minimum Gasteiger partial charge on any atom is -0.357 e. The summed E-state index contributed by atoms with van der Waals surface area (Å²) in [6, 6.07) is 12.6. The van der Waals surface area contributed by atoms with E-state index < -0.39 is 11.8 Å². The van der Waals surface area contributed by atoms with Crippen LogP contribution in [-0.4, -0.2) is 42.4 Å². The van der Waals surface area contributed by atoms with Crippen LogP contribution in [0, 0.1) is 5.82 Å². The predicted octanol–water partition coefficient (Wildman–Crippen LogP) is 5.91. The summed E-state index contributed by atoms with van der Waals surface area (Å²) >= 11 is 1.54. The molecule has 0 bridgehead atoms. The van der Waals surface area contributed by atoms with Crippen molar-refractivity contribution in [2.45, 2.75) is 26.2 Å². The fourth-order valence-electron chi connectivity index (χ4n) is 4.64. The Hall–Kier alpha value is -5.17. The second kappa shape index (κ2) is 10.6. The summed E-state index contributed by atoms with van der Waals surface area (Å²) in [5.74, 6) is 0.128. The van der Waals surface area contributed by atoms with Gasteiger partial charge in [-0.1, -0.05) is 26.8 Å². The van der Waals surface area contributed by atoms with Gasteiger partial charge in [-0.3, -0.25) is 14.7 Å². The molecule has 3 N–H and O–H groups in total. The molecule has 0 saturated carbocycles. The van der Waals surface area contributed by atoms with Gasteiger partial charge in [0.1, 0.15) is 17.3 Å². The van der Waals surface area contributed by atoms with Crippen molar-refractivity contribution in [2.75, 3.05) is 23.0 Å². The van der Waals surface area contributed by atoms with Gasteiger partial charge in [0.15, 0.2) is 0 Å². The number of hydrogen-bond acceptors (Lipinski definition) is 8. The summed E-state index contributed by atoms with van der Waals surface area (Å²) in [6.45, 7) is 6.07. The van der Waals surface area contributed by atoms with Crippen molar-refractivity contribution in [1.82, 2.24) is 29.3 Å². The van der Waals surface area contributed by atoms with Gasteiger partial charge in [0.05, 0.1) is 32.8 Å². The molecule has 4 aromatic heterocycles. The summed E-state index contributed by atoms with van der Waals surface area (Å²) in [5, 5.41) is 13.6. The average molecular weight is 598 g/mol. The maximum atomic E-state index is 14.9. The third-order valence-electron chi connectivity index (χ3n) is 6.98. The second-order valence-electron chi connectivity index (χ2n) is 11.0. The minimum atomic E-state index is -0.674. The Morgan fingerprint density at radius 3 is 2.60 bits per heavy atom. The molecule has 4 heterocycles. The number of halogens is 1. The number of nitrogens with zero attached hydrogens (tertiary/aromatic N) is 6. The highest BCUT2D eigenvalue weighted by atomic mass is 32.1. The number of rotatable bonds is 5. The molecule has 218 valence electrons. The number of aryl methyl sites for hydroxylation is 1. The Morgan fingerprint density at radius 1 is 1.02 bits per heavy atom. The fraction of sp³-hybridized carbons (Fsp3) is 0.200. The van der Waals surface area contributed by atoms with Gasteiger partial charge in [0, 0.05) is 42.7 Å². The lowest BCUT2D eigenvalue weighted by atomic mass is 9.92. The summed E-state index contributed by atoms with van der Waals surface area (Å²) in [6.07, 6.45) is 1.61. The van der Waals surface area contributed by atoms with Crippen LogP contribution in [-0.2, 0) is 12.5 Å². The number of anilines is 3. The van der Waals surface area contributed by atoms with E-state index in [1.54, 1.807) is 42.6 Å². The Labute approximate surface area is 249 Å². The van der Waals surface area contributed by atoms with Crippen molar-refractivity contribution in [1.29, 1.82) is 0 Å². The molecule has 0 aliphatic rings. The van der Waals surface area contributed by atoms with Crippen LogP contribution in [0.3, 0.4) is 0 Å². The van der Waals surface area contributed by atoms with E-state index in [2.05, 4.69) is 30.9 Å². The third kappa shape index (κ3) is 5.30. The zero-order chi connectivity index (χ0) is 30.5. The van der Waals surface area contributed by atoms with E-state index in [0.29, 0.717) is 33.9 Å². The van der Waals surface area contributed by atoms with Crippen molar-refractivity contribution < 1.29 is 9.18 Å². The van der Waals surface area contributed by atoms with Crippen LogP contribution in [0.4, 0.5) is 26.6 Å². The van der Waals surface area contributed by atoms with Crippen molar-refractivity contribution in [3.8, 4) is 16.8 Å². The summed E-state index contributed by atoms with van der Waals surface area (Å²) in [4.78, 5) is 39.4. The number of benzene rings is 2. The van der Waals surface area contributed by atoms with Gasteiger partial charge in [-0.2, -0.15) is 10.1 Å². The zero-order valence-electron chi connectivity index (χ0n) is 24.1. The SMILES string of the molecule is CNc1ncc2cc(-c3ccc(F)c(NC(=O)Nc4cc(C(C)(C)C)nn4-c4ccc5scnc5c4)c3)c(=O)n(C)c2n1. The monoisotopic (exact) mass is 597 g/mol. The van der Waals surface area contributed by atoms with Gasteiger partial charge in [-0.15, -0.1) is 11.3 Å². The van der Waals surface area contributed by atoms with Crippen LogP contribution in [0.2, 0.25) is 0 Å². The van der Waals surface area contributed by atoms with Crippen molar-refractivity contribution in [3.63, 3.8) is 0 Å². The lowest BCUT2D eigenvalue weighted by molar-refractivity contribution is 0.262. The smallest absolute Gasteiger partial charge is 0.324 e. The van der Waals surface area contributed by atoms with Crippen LogP contribution in [0.1, 0.15) is 26.5 Å². The largest absolute Gasteiger partial charge is 0.357 e. The highest BCUT2D eigenvalue weighted by Gasteiger charge is 2.22. The number of thiazole rings is 1. The molecule has 0 unspecified atom stereocenters. The number of carbonyl (C=O) groups excluding carboxylic acids is 1. The first-order chi connectivity index (χ1) is 20.5. The number of nitrogens with one attached hydrogen (secondary N) is 3. The van der Waals surface area contributed by atoms with Crippen molar-refractivity contribution >= 4 is 56.1 Å². The first-order valence-corrected chi connectivity index (χ1v) is 14.3. The Morgan fingerprint density at radius 2 is 1.84 bits per heavy atom. The number of pyridine rings is 1. The lowest BCUT2D eigenvalue weighted by Gasteiger charge is -2.14. The van der Waals surface area contributed by atoms with Crippen LogP contribution in [0.5, 0.6) is 0 Å². The summed E-state index contributed by atoms with van der Waals surface area (Å²) in [5.41, 5.74) is 4.53. The fourth-order valence-corrected chi connectivity index (χ4v) is 5.30. The van der Waals surface area contributed by atoms with E-state index in [1.807, 2.05) is 39.0 Å². The molecular weight excluding hydrogens is 569 g/mol. The lowest BCUT2D eigenvalue weighted by Crippen LogP contribution is -2.22. The number of hydrogen-bond donors (Lipinski definition) is 3. The van der Waals surface area contributed by atoms with E-state index in [0.717, 1.165) is 21.6 Å². The molecule has 0 spiro atoms. The van der Waals surface area contributed by atoms with Gasteiger partial charge in [0.2, 0.25) is 5.95 Å². The first-order valence-electron chi connectivity index (χ1n) is 13.4. The summed E-state index contributed by atoms with van der Waals surface area (Å²) < 4.78 is 19.0. The van der Waals surface area contributed by atoms with Crippen LogP contribution < -0.4 is 21.5 Å². The standard InChI is InChI=1S/C30H28FN9O2S/c1-30(2,3)24-13-25(40(38-24)18-7-9-23-22(12-18)34-15-43-23)36-29(42)35-21-11-16(6-8-20(21)31)19-10-17-14-33-28(32-4)37-26(17)39(5)27(19)41/h6-15H,1-5H3,(H,32,33,37)(H2,35,36,42). The maximum Gasteiger partial charge on any atom is 0.324 e. The molecule has 0 atom stereocenters. The van der Waals surface area contributed by atoms with Crippen LogP contribution >= 0.6 is 11.3 Å². The normalized spacial score (nSPS) is 11.7. The van der Waals surface area contributed by atoms with Gasteiger partial charge >= 0.3 is 6.03 Å². The molecule has 13 heteroatoms. The number of urea groups is 1. The molecule has 6 rings (SSSR count). The maximum absolute atomic E-state index is 14.9. The molecule has 0 aliphatic carbocycles. The zero-order valence-corrected chi connectivity index (χ0v) is 24.9. The van der Waals surface area contributed by atoms with E-state index in [-0.39, 0.29) is 16.7 Å². The molecule has 0 radical (unpaired) electrons. The molecule has 2 aromatic carbocycles. The first kappa shape index (κ1) is 28.0. The Balaban J connectivity index is 1.32. The minimum absolute atomic E-state index is 0.0927. The Kier molecular flexibility index (Phi) is 6.89. The van der Waals surface area contributed by atoms with Gasteiger partial charge in [-0.25, -0.2) is 23.8 Å². The molecule has 11 nitrogen and oxygen atoms in total. The van der Waals surface area contributed by atoms with Gasteiger partial charge in [0.25, 0.3) is 5.56 Å². The summed E-state index contributed by atoms with van der Waals surface area (Å²) in [7, 11) is 3.30. The number of fused-ring (bicyclic) bond motifs is 2. The third-order valence-corrected chi connectivity index (χ3v) is 7.79. The van der Waals surface area contributed by atoms with Gasteiger partial charge in [-0.05, 0) is 42.0 Å². The van der Waals surface area contributed by atoms with Crippen molar-refractivity contribution in [2.24, 2.45) is 7.05 Å². The predicted molar refractivity (Wildman–Crippen MR) is 168 cm³/mol. The molecule has 2 amide bonds. The number of amides is 2. The Bertz CT molecular complexity index is 2090. The quantitative estimate of drug-likeness (QED) is 0.225. The van der Waals surface area contributed by atoms with E-state index in [1.165, 1.54) is 34.1 Å². The van der Waals surface area contributed by atoms with Gasteiger partial charge < -0.3 is 10.6 Å². The van der Waals surface area contributed by atoms with Crippen LogP contribution in [0.15, 0.2) is 65.0 Å². The molecule has 6 aromatic rings. The molecule has 0 aliphatic heterocycles. The highest BCUT2D eigenvalue weighted by molar-refractivity contribution is 7.16. The number of aromatic nitrogens is 6.